The Bertz CT molecular complexity index is 415. The Morgan fingerprint density at radius 3 is 2.71 bits per heavy atom. The van der Waals surface area contributed by atoms with Crippen LogP contribution in [0.4, 0.5) is 8.78 Å². The van der Waals surface area contributed by atoms with E-state index in [2.05, 4.69) is 15.9 Å². The van der Waals surface area contributed by atoms with Crippen LogP contribution in [0.1, 0.15) is 28.8 Å². The van der Waals surface area contributed by atoms with Crippen molar-refractivity contribution < 1.29 is 13.6 Å². The molecule has 1 aliphatic carbocycles. The predicted octanol–water partition coefficient (Wildman–Crippen LogP) is 3.25. The molecule has 1 aromatic rings. The van der Waals surface area contributed by atoms with Crippen molar-refractivity contribution in [2.45, 2.75) is 19.3 Å². The molecule has 0 atom stereocenters. The minimum Gasteiger partial charge on any atom is -0.294 e. The second kappa shape index (κ2) is 3.42. The number of rotatable bonds is 0. The molecule has 0 aliphatic heterocycles. The second-order valence-electron chi connectivity index (χ2n) is 3.29. The van der Waals surface area contributed by atoms with Gasteiger partial charge in [0.2, 0.25) is 0 Å². The Morgan fingerprint density at radius 2 is 2.00 bits per heavy atom. The van der Waals surface area contributed by atoms with E-state index in [1.54, 1.807) is 0 Å². The third kappa shape index (κ3) is 1.38. The average Bonchev–Trinajstić information content (AvgIpc) is 2.17. The summed E-state index contributed by atoms with van der Waals surface area (Å²) in [5.41, 5.74) is 0.919. The molecule has 1 aromatic carbocycles. The van der Waals surface area contributed by atoms with E-state index in [0.717, 1.165) is 6.07 Å². The van der Waals surface area contributed by atoms with E-state index in [0.29, 0.717) is 30.4 Å². The molecular weight excluding hydrogens is 254 g/mol. The van der Waals surface area contributed by atoms with E-state index in [-0.39, 0.29) is 10.3 Å². The summed E-state index contributed by atoms with van der Waals surface area (Å²) in [6.45, 7) is 0. The molecular formula is C10H7BrF2O. The van der Waals surface area contributed by atoms with Crippen LogP contribution in [0.25, 0.3) is 0 Å². The Balaban J connectivity index is 2.69. The van der Waals surface area contributed by atoms with Gasteiger partial charge in [-0.2, -0.15) is 0 Å². The SMILES string of the molecule is O=C1CCCc2c1cc(F)c(F)c2Br. The Labute approximate surface area is 88.2 Å². The number of halogens is 3. The minimum atomic E-state index is -0.967. The van der Waals surface area contributed by atoms with Gasteiger partial charge in [-0.3, -0.25) is 4.79 Å². The van der Waals surface area contributed by atoms with E-state index in [1.165, 1.54) is 0 Å². The van der Waals surface area contributed by atoms with Crippen molar-refractivity contribution in [1.82, 2.24) is 0 Å². The van der Waals surface area contributed by atoms with Gasteiger partial charge >= 0.3 is 0 Å². The molecule has 14 heavy (non-hydrogen) atoms. The third-order valence-electron chi connectivity index (χ3n) is 2.39. The number of hydrogen-bond acceptors (Lipinski definition) is 1. The van der Waals surface area contributed by atoms with Crippen LogP contribution in [0.5, 0.6) is 0 Å². The summed E-state index contributed by atoms with van der Waals surface area (Å²) in [6.07, 6.45) is 1.75. The van der Waals surface area contributed by atoms with E-state index in [9.17, 15) is 13.6 Å². The van der Waals surface area contributed by atoms with Crippen LogP contribution in [0.3, 0.4) is 0 Å². The fraction of sp³-hybridized carbons (Fsp3) is 0.300. The lowest BCUT2D eigenvalue weighted by atomic mass is 9.90. The standard InChI is InChI=1S/C10H7BrF2O/c11-9-5-2-1-3-8(14)6(5)4-7(12)10(9)13/h4H,1-3H2. The molecule has 0 aromatic heterocycles. The zero-order valence-corrected chi connectivity index (χ0v) is 8.83. The molecule has 4 heteroatoms. The third-order valence-corrected chi connectivity index (χ3v) is 3.22. The molecule has 0 saturated carbocycles. The van der Waals surface area contributed by atoms with Gasteiger partial charge in [0.25, 0.3) is 0 Å². The number of carbonyl (C=O) groups is 1. The van der Waals surface area contributed by atoms with Gasteiger partial charge in [0.15, 0.2) is 17.4 Å². The van der Waals surface area contributed by atoms with E-state index in [4.69, 9.17) is 0 Å². The van der Waals surface area contributed by atoms with E-state index >= 15 is 0 Å². The van der Waals surface area contributed by atoms with Crippen LogP contribution in [0, 0.1) is 11.6 Å². The normalized spacial score (nSPS) is 15.5. The van der Waals surface area contributed by atoms with Gasteiger partial charge in [0, 0.05) is 12.0 Å². The number of hydrogen-bond donors (Lipinski definition) is 0. The number of fused-ring (bicyclic) bond motifs is 1. The highest BCUT2D eigenvalue weighted by molar-refractivity contribution is 9.10. The first-order chi connectivity index (χ1) is 6.61. The lowest BCUT2D eigenvalue weighted by Crippen LogP contribution is -2.13. The number of Topliss-reactive ketones (excluding diaryl/α,β-unsaturated/α-hetero) is 1. The molecule has 1 aliphatic rings. The zero-order chi connectivity index (χ0) is 10.3. The summed E-state index contributed by atoms with van der Waals surface area (Å²) in [7, 11) is 0. The molecule has 0 unspecified atom stereocenters. The maximum absolute atomic E-state index is 13.1. The molecule has 0 bridgehead atoms. The average molecular weight is 261 g/mol. The van der Waals surface area contributed by atoms with Gasteiger partial charge in [-0.25, -0.2) is 8.78 Å². The van der Waals surface area contributed by atoms with Crippen molar-refractivity contribution >= 4 is 21.7 Å². The van der Waals surface area contributed by atoms with Crippen LogP contribution in [0.15, 0.2) is 10.5 Å². The first-order valence-electron chi connectivity index (χ1n) is 4.31. The van der Waals surface area contributed by atoms with Crippen molar-refractivity contribution in [1.29, 1.82) is 0 Å². The van der Waals surface area contributed by atoms with Gasteiger partial charge in [0.1, 0.15) is 0 Å². The van der Waals surface area contributed by atoms with Gasteiger partial charge in [0.05, 0.1) is 4.47 Å². The molecule has 0 amide bonds. The van der Waals surface area contributed by atoms with Crippen molar-refractivity contribution in [2.24, 2.45) is 0 Å². The smallest absolute Gasteiger partial charge is 0.173 e. The fourth-order valence-corrected chi connectivity index (χ4v) is 2.29. The molecule has 1 nitrogen and oxygen atoms in total. The van der Waals surface area contributed by atoms with Crippen LogP contribution in [-0.4, -0.2) is 5.78 Å². The maximum atomic E-state index is 13.1. The quantitative estimate of drug-likeness (QED) is 0.655. The number of ketones is 1. The van der Waals surface area contributed by atoms with Crippen molar-refractivity contribution in [3.8, 4) is 0 Å². The van der Waals surface area contributed by atoms with Crippen LogP contribution < -0.4 is 0 Å². The second-order valence-corrected chi connectivity index (χ2v) is 4.08. The topological polar surface area (TPSA) is 17.1 Å². The molecule has 0 fully saturated rings. The summed E-state index contributed by atoms with van der Waals surface area (Å²) in [5, 5.41) is 0. The summed E-state index contributed by atoms with van der Waals surface area (Å²) in [6, 6.07) is 0.997. The molecule has 0 saturated heterocycles. The lowest BCUT2D eigenvalue weighted by molar-refractivity contribution is 0.0971. The zero-order valence-electron chi connectivity index (χ0n) is 7.24. The van der Waals surface area contributed by atoms with Crippen LogP contribution >= 0.6 is 15.9 Å². The summed E-state index contributed by atoms with van der Waals surface area (Å²) < 4.78 is 26.2. The summed E-state index contributed by atoms with van der Waals surface area (Å²) in [5.74, 6) is -1.98. The van der Waals surface area contributed by atoms with E-state index in [1.807, 2.05) is 0 Å². The van der Waals surface area contributed by atoms with Gasteiger partial charge in [-0.15, -0.1) is 0 Å². The molecule has 0 radical (unpaired) electrons. The van der Waals surface area contributed by atoms with Gasteiger partial charge < -0.3 is 0 Å². The van der Waals surface area contributed by atoms with Crippen molar-refractivity contribution in [3.05, 3.63) is 33.3 Å². The molecule has 2 rings (SSSR count). The lowest BCUT2D eigenvalue weighted by Gasteiger charge is -2.16. The van der Waals surface area contributed by atoms with Gasteiger partial charge in [-0.1, -0.05) is 0 Å². The van der Waals surface area contributed by atoms with Crippen molar-refractivity contribution in [2.75, 3.05) is 0 Å². The molecule has 0 N–H and O–H groups in total. The number of benzene rings is 1. The minimum absolute atomic E-state index is 0.0977. The Kier molecular flexibility index (Phi) is 2.39. The Hall–Kier alpha value is -0.770. The fourth-order valence-electron chi connectivity index (χ4n) is 1.69. The maximum Gasteiger partial charge on any atom is 0.173 e. The van der Waals surface area contributed by atoms with E-state index < -0.39 is 11.6 Å². The first kappa shape index (κ1) is 9.77. The highest BCUT2D eigenvalue weighted by atomic mass is 79.9. The summed E-state index contributed by atoms with van der Waals surface area (Å²) >= 11 is 2.98. The highest BCUT2D eigenvalue weighted by Crippen LogP contribution is 2.31. The van der Waals surface area contributed by atoms with Gasteiger partial charge in [-0.05, 0) is 40.4 Å². The molecule has 74 valence electrons. The predicted molar refractivity (Wildman–Crippen MR) is 51.3 cm³/mol. The van der Waals surface area contributed by atoms with Crippen LogP contribution in [-0.2, 0) is 6.42 Å². The van der Waals surface area contributed by atoms with Crippen LogP contribution in [0.2, 0.25) is 0 Å². The Morgan fingerprint density at radius 1 is 1.29 bits per heavy atom. The monoisotopic (exact) mass is 260 g/mol. The molecule has 0 spiro atoms. The first-order valence-corrected chi connectivity index (χ1v) is 5.10. The van der Waals surface area contributed by atoms with Crippen molar-refractivity contribution in [3.63, 3.8) is 0 Å². The largest absolute Gasteiger partial charge is 0.294 e. The number of carbonyl (C=O) groups excluding carboxylic acids is 1. The molecule has 0 heterocycles. The highest BCUT2D eigenvalue weighted by Gasteiger charge is 2.23. The summed E-state index contributed by atoms with van der Waals surface area (Å²) in [4.78, 5) is 11.4.